The van der Waals surface area contributed by atoms with Gasteiger partial charge in [-0.15, -0.1) is 22.0 Å². The van der Waals surface area contributed by atoms with Crippen LogP contribution in [0.2, 0.25) is 0 Å². The van der Waals surface area contributed by atoms with Crippen molar-refractivity contribution in [2.45, 2.75) is 30.4 Å². The van der Waals surface area contributed by atoms with Crippen LogP contribution in [-0.4, -0.2) is 21.4 Å². The summed E-state index contributed by atoms with van der Waals surface area (Å²) < 4.78 is 1.01. The minimum absolute atomic E-state index is 0.0448. The highest BCUT2D eigenvalue weighted by Gasteiger charge is 2.19. The number of benzene rings is 2. The molecule has 0 saturated carbocycles. The predicted molar refractivity (Wildman–Crippen MR) is 113 cm³/mol. The van der Waals surface area contributed by atoms with Gasteiger partial charge in [-0.2, -0.15) is 0 Å². The highest BCUT2D eigenvalue weighted by Crippen LogP contribution is 2.30. The number of hydrogen-bond donors (Lipinski definition) is 1. The van der Waals surface area contributed by atoms with E-state index in [9.17, 15) is 4.79 Å². The molecule has 0 fully saturated rings. The number of halogens is 1. The van der Waals surface area contributed by atoms with Gasteiger partial charge in [0.1, 0.15) is 5.01 Å². The van der Waals surface area contributed by atoms with Gasteiger partial charge >= 0.3 is 0 Å². The minimum atomic E-state index is -0.169. The van der Waals surface area contributed by atoms with E-state index < -0.39 is 0 Å². The number of carbonyl (C=O) groups is 1. The molecule has 1 amide bonds. The van der Waals surface area contributed by atoms with E-state index in [1.165, 1.54) is 16.9 Å². The van der Waals surface area contributed by atoms with E-state index in [2.05, 4.69) is 50.5 Å². The first-order chi connectivity index (χ1) is 12.5. The van der Waals surface area contributed by atoms with Gasteiger partial charge < -0.3 is 0 Å². The van der Waals surface area contributed by atoms with Crippen LogP contribution in [0, 0.1) is 6.92 Å². The predicted octanol–water partition coefficient (Wildman–Crippen LogP) is 5.79. The number of rotatable bonds is 6. The van der Waals surface area contributed by atoms with Crippen LogP contribution in [0.15, 0.2) is 57.9 Å². The molecule has 7 heteroatoms. The van der Waals surface area contributed by atoms with E-state index in [-0.39, 0.29) is 11.2 Å². The van der Waals surface area contributed by atoms with Gasteiger partial charge in [0.15, 0.2) is 0 Å². The van der Waals surface area contributed by atoms with E-state index in [4.69, 9.17) is 0 Å². The lowest BCUT2D eigenvalue weighted by Gasteiger charge is -2.13. The molecule has 3 aromatic rings. The summed E-state index contributed by atoms with van der Waals surface area (Å²) in [5.41, 5.74) is 2.19. The van der Waals surface area contributed by atoms with Crippen LogP contribution < -0.4 is 5.32 Å². The Morgan fingerprint density at radius 3 is 2.50 bits per heavy atom. The van der Waals surface area contributed by atoms with Gasteiger partial charge in [-0.25, -0.2) is 0 Å². The summed E-state index contributed by atoms with van der Waals surface area (Å²) >= 11 is 6.37. The Morgan fingerprint density at radius 1 is 1.15 bits per heavy atom. The zero-order valence-electron chi connectivity index (χ0n) is 14.4. The number of aromatic nitrogens is 2. The van der Waals surface area contributed by atoms with E-state index in [1.54, 1.807) is 11.8 Å². The first kappa shape index (κ1) is 19.1. The van der Waals surface area contributed by atoms with Crippen molar-refractivity contribution in [2.24, 2.45) is 0 Å². The first-order valence-corrected chi connectivity index (χ1v) is 10.7. The number of carbonyl (C=O) groups excluding carboxylic acids is 1. The number of anilines is 1. The van der Waals surface area contributed by atoms with Crippen molar-refractivity contribution in [3.8, 4) is 10.6 Å². The molecule has 0 saturated heterocycles. The third-order valence-electron chi connectivity index (χ3n) is 3.71. The second-order valence-electron chi connectivity index (χ2n) is 5.74. The van der Waals surface area contributed by atoms with Crippen molar-refractivity contribution in [3.63, 3.8) is 0 Å². The van der Waals surface area contributed by atoms with Gasteiger partial charge in [-0.3, -0.25) is 10.1 Å². The summed E-state index contributed by atoms with van der Waals surface area (Å²) in [4.78, 5) is 13.7. The number of aryl methyl sites for hydroxylation is 1. The number of thioether (sulfide) groups is 1. The minimum Gasteiger partial charge on any atom is -0.300 e. The lowest BCUT2D eigenvalue weighted by molar-refractivity contribution is -0.115. The normalized spacial score (nSPS) is 12.0. The van der Waals surface area contributed by atoms with Gasteiger partial charge in [0.05, 0.1) is 5.25 Å². The number of amides is 1. The lowest BCUT2D eigenvalue weighted by atomic mass is 10.2. The molecule has 0 aliphatic heterocycles. The van der Waals surface area contributed by atoms with Crippen molar-refractivity contribution in [1.82, 2.24) is 10.2 Å². The Bertz CT molecular complexity index is 879. The molecule has 3 rings (SSSR count). The van der Waals surface area contributed by atoms with Crippen molar-refractivity contribution in [3.05, 3.63) is 58.6 Å². The molecule has 0 spiro atoms. The topological polar surface area (TPSA) is 54.9 Å². The third-order valence-corrected chi connectivity index (χ3v) is 6.50. The molecule has 1 aromatic heterocycles. The SMILES string of the molecule is CCC(Sc1ccc(C)cc1)C(=O)Nc1nnc(-c2ccc(Br)cc2)s1. The maximum Gasteiger partial charge on any atom is 0.239 e. The quantitative estimate of drug-likeness (QED) is 0.486. The van der Waals surface area contributed by atoms with Gasteiger partial charge in [-0.05, 0) is 37.6 Å². The van der Waals surface area contributed by atoms with Crippen LogP contribution in [0.3, 0.4) is 0 Å². The zero-order chi connectivity index (χ0) is 18.5. The molecule has 0 aliphatic rings. The average Bonchev–Trinajstić information content (AvgIpc) is 3.10. The van der Waals surface area contributed by atoms with Crippen LogP contribution in [0.4, 0.5) is 5.13 Å². The highest BCUT2D eigenvalue weighted by molar-refractivity contribution is 9.10. The molecule has 134 valence electrons. The smallest absolute Gasteiger partial charge is 0.239 e. The van der Waals surface area contributed by atoms with Crippen molar-refractivity contribution >= 4 is 50.1 Å². The van der Waals surface area contributed by atoms with Crippen LogP contribution in [0.5, 0.6) is 0 Å². The molecule has 0 radical (unpaired) electrons. The van der Waals surface area contributed by atoms with E-state index in [1.807, 2.05) is 43.3 Å². The lowest BCUT2D eigenvalue weighted by Crippen LogP contribution is -2.24. The summed E-state index contributed by atoms with van der Waals surface area (Å²) in [6.07, 6.45) is 0.739. The Kier molecular flexibility index (Phi) is 6.45. The first-order valence-electron chi connectivity index (χ1n) is 8.19. The van der Waals surface area contributed by atoms with E-state index in [0.29, 0.717) is 5.13 Å². The Balaban J connectivity index is 1.66. The number of nitrogens with zero attached hydrogens (tertiary/aromatic N) is 2. The van der Waals surface area contributed by atoms with Crippen molar-refractivity contribution in [2.75, 3.05) is 5.32 Å². The standard InChI is InChI=1S/C19H18BrN3OS2/c1-3-16(25-15-10-4-12(2)5-11-15)17(24)21-19-23-22-18(26-19)13-6-8-14(20)9-7-13/h4-11,16H,3H2,1-2H3,(H,21,23,24). The number of hydrogen-bond acceptors (Lipinski definition) is 5. The fourth-order valence-electron chi connectivity index (χ4n) is 2.27. The summed E-state index contributed by atoms with van der Waals surface area (Å²) in [6.45, 7) is 4.07. The molecular weight excluding hydrogens is 430 g/mol. The zero-order valence-corrected chi connectivity index (χ0v) is 17.6. The van der Waals surface area contributed by atoms with Crippen molar-refractivity contribution < 1.29 is 4.79 Å². The van der Waals surface area contributed by atoms with E-state index >= 15 is 0 Å². The van der Waals surface area contributed by atoms with Gasteiger partial charge in [0.25, 0.3) is 0 Å². The Labute approximate surface area is 169 Å². The molecule has 2 aromatic carbocycles. The molecule has 1 heterocycles. The van der Waals surface area contributed by atoms with Crippen LogP contribution in [0.25, 0.3) is 10.6 Å². The summed E-state index contributed by atoms with van der Waals surface area (Å²) in [7, 11) is 0. The summed E-state index contributed by atoms with van der Waals surface area (Å²) in [6, 6.07) is 16.1. The van der Waals surface area contributed by atoms with Crippen LogP contribution in [-0.2, 0) is 4.79 Å². The summed E-state index contributed by atoms with van der Waals surface area (Å²) in [5.74, 6) is -0.0448. The van der Waals surface area contributed by atoms with Crippen LogP contribution >= 0.6 is 39.0 Å². The number of nitrogens with one attached hydrogen (secondary N) is 1. The molecule has 1 atom stereocenters. The third kappa shape index (κ3) is 4.93. The molecule has 26 heavy (non-hydrogen) atoms. The Morgan fingerprint density at radius 2 is 1.85 bits per heavy atom. The van der Waals surface area contributed by atoms with Crippen molar-refractivity contribution in [1.29, 1.82) is 0 Å². The second-order valence-corrected chi connectivity index (χ2v) is 8.91. The largest absolute Gasteiger partial charge is 0.300 e. The fourth-order valence-corrected chi connectivity index (χ4v) is 4.24. The maximum atomic E-state index is 12.6. The second kappa shape index (κ2) is 8.79. The summed E-state index contributed by atoms with van der Waals surface area (Å²) in [5, 5.41) is 12.3. The molecule has 4 nitrogen and oxygen atoms in total. The molecule has 1 N–H and O–H groups in total. The molecule has 1 unspecified atom stereocenters. The Hall–Kier alpha value is -1.70. The fraction of sp³-hybridized carbons (Fsp3) is 0.211. The average molecular weight is 448 g/mol. The highest BCUT2D eigenvalue weighted by atomic mass is 79.9. The molecular formula is C19H18BrN3OS2. The van der Waals surface area contributed by atoms with Crippen LogP contribution in [0.1, 0.15) is 18.9 Å². The maximum absolute atomic E-state index is 12.6. The monoisotopic (exact) mass is 447 g/mol. The van der Waals surface area contributed by atoms with Gasteiger partial charge in [-0.1, -0.05) is 64.0 Å². The van der Waals surface area contributed by atoms with Gasteiger partial charge in [0.2, 0.25) is 11.0 Å². The molecule has 0 bridgehead atoms. The molecule has 0 aliphatic carbocycles. The van der Waals surface area contributed by atoms with Gasteiger partial charge in [0, 0.05) is 14.9 Å². The van der Waals surface area contributed by atoms with E-state index in [0.717, 1.165) is 26.4 Å².